The van der Waals surface area contributed by atoms with Gasteiger partial charge in [0.15, 0.2) is 11.6 Å². The quantitative estimate of drug-likeness (QED) is 0.802. The summed E-state index contributed by atoms with van der Waals surface area (Å²) in [7, 11) is 0. The minimum Gasteiger partial charge on any atom is -0.306 e. The Kier molecular flexibility index (Phi) is 4.91. The van der Waals surface area contributed by atoms with Gasteiger partial charge in [-0.05, 0) is 54.4 Å². The third kappa shape index (κ3) is 3.39. The van der Waals surface area contributed by atoms with Gasteiger partial charge in [-0.3, -0.25) is 0 Å². The summed E-state index contributed by atoms with van der Waals surface area (Å²) < 4.78 is 40.0. The highest BCUT2D eigenvalue weighted by molar-refractivity contribution is 6.31. The molecule has 0 bridgehead atoms. The Bertz CT molecular complexity index is 658. The van der Waals surface area contributed by atoms with E-state index in [9.17, 15) is 13.2 Å². The highest BCUT2D eigenvalue weighted by atomic mass is 35.5. The molecule has 0 amide bonds. The molecule has 0 fully saturated rings. The van der Waals surface area contributed by atoms with Crippen LogP contribution in [-0.4, -0.2) is 6.54 Å². The van der Waals surface area contributed by atoms with Gasteiger partial charge in [0.1, 0.15) is 5.82 Å². The predicted octanol–water partition coefficient (Wildman–Crippen LogP) is 4.76. The van der Waals surface area contributed by atoms with Gasteiger partial charge in [-0.25, -0.2) is 13.2 Å². The zero-order valence-corrected chi connectivity index (χ0v) is 12.4. The number of benzene rings is 2. The monoisotopic (exact) mass is 313 g/mol. The molecule has 1 N–H and O–H groups in total. The van der Waals surface area contributed by atoms with Crippen LogP contribution in [0.3, 0.4) is 0 Å². The molecule has 112 valence electrons. The van der Waals surface area contributed by atoms with Gasteiger partial charge < -0.3 is 5.32 Å². The molecule has 1 nitrogen and oxygen atoms in total. The molecule has 0 aliphatic carbocycles. The lowest BCUT2D eigenvalue weighted by molar-refractivity contribution is 0.504. The molecule has 1 unspecified atom stereocenters. The van der Waals surface area contributed by atoms with Gasteiger partial charge in [0.2, 0.25) is 0 Å². The van der Waals surface area contributed by atoms with E-state index >= 15 is 0 Å². The van der Waals surface area contributed by atoms with Gasteiger partial charge in [-0.2, -0.15) is 0 Å². The standard InChI is InChI=1S/C16H15ClF3N/c1-3-21-16(11-5-4-10(18)6-9(11)2)12-7-14(19)15(20)8-13(12)17/h4-8,16,21H,3H2,1-2H3. The van der Waals surface area contributed by atoms with Gasteiger partial charge in [0.25, 0.3) is 0 Å². The SMILES string of the molecule is CCNC(c1ccc(F)cc1C)c1cc(F)c(F)cc1Cl. The van der Waals surface area contributed by atoms with E-state index in [-0.39, 0.29) is 10.8 Å². The van der Waals surface area contributed by atoms with Crippen molar-refractivity contribution in [1.29, 1.82) is 0 Å². The Balaban J connectivity index is 2.55. The Morgan fingerprint density at radius 2 is 1.71 bits per heavy atom. The van der Waals surface area contributed by atoms with Crippen LogP contribution in [-0.2, 0) is 0 Å². The van der Waals surface area contributed by atoms with Crippen molar-refractivity contribution in [2.75, 3.05) is 6.54 Å². The number of aryl methyl sites for hydroxylation is 1. The van der Waals surface area contributed by atoms with E-state index in [1.165, 1.54) is 12.1 Å². The van der Waals surface area contributed by atoms with Crippen LogP contribution in [0.2, 0.25) is 5.02 Å². The molecule has 0 aliphatic rings. The maximum Gasteiger partial charge on any atom is 0.160 e. The average Bonchev–Trinajstić information content (AvgIpc) is 2.41. The van der Waals surface area contributed by atoms with Crippen molar-refractivity contribution in [2.45, 2.75) is 19.9 Å². The molecule has 2 aromatic rings. The summed E-state index contributed by atoms with van der Waals surface area (Å²) in [6.07, 6.45) is 0. The van der Waals surface area contributed by atoms with Crippen LogP contribution < -0.4 is 5.32 Å². The summed E-state index contributed by atoms with van der Waals surface area (Å²) in [4.78, 5) is 0. The second-order valence-electron chi connectivity index (χ2n) is 4.78. The van der Waals surface area contributed by atoms with Gasteiger partial charge >= 0.3 is 0 Å². The molecule has 0 saturated carbocycles. The van der Waals surface area contributed by atoms with Crippen molar-refractivity contribution in [3.05, 3.63) is 69.5 Å². The Morgan fingerprint density at radius 3 is 2.33 bits per heavy atom. The van der Waals surface area contributed by atoms with Gasteiger partial charge in [-0.15, -0.1) is 0 Å². The van der Waals surface area contributed by atoms with E-state index in [2.05, 4.69) is 5.32 Å². The van der Waals surface area contributed by atoms with Gasteiger partial charge in [0, 0.05) is 5.02 Å². The zero-order valence-electron chi connectivity index (χ0n) is 11.7. The lowest BCUT2D eigenvalue weighted by Crippen LogP contribution is -2.23. The van der Waals surface area contributed by atoms with Gasteiger partial charge in [0.05, 0.1) is 6.04 Å². The smallest absolute Gasteiger partial charge is 0.160 e. The van der Waals surface area contributed by atoms with Crippen molar-refractivity contribution < 1.29 is 13.2 Å². The molecule has 0 aromatic heterocycles. The van der Waals surface area contributed by atoms with E-state index in [1.807, 2.05) is 6.92 Å². The van der Waals surface area contributed by atoms with E-state index < -0.39 is 17.7 Å². The third-order valence-corrected chi connectivity index (χ3v) is 3.63. The van der Waals surface area contributed by atoms with Crippen molar-refractivity contribution in [3.63, 3.8) is 0 Å². The largest absolute Gasteiger partial charge is 0.306 e. The Labute approximate surface area is 126 Å². The second kappa shape index (κ2) is 6.50. The number of rotatable bonds is 4. The highest BCUT2D eigenvalue weighted by Crippen LogP contribution is 2.32. The topological polar surface area (TPSA) is 12.0 Å². The van der Waals surface area contributed by atoms with Gasteiger partial charge in [-0.1, -0.05) is 24.6 Å². The fourth-order valence-corrected chi connectivity index (χ4v) is 2.57. The van der Waals surface area contributed by atoms with Crippen LogP contribution >= 0.6 is 11.6 Å². The number of halogens is 4. The summed E-state index contributed by atoms with van der Waals surface area (Å²) in [6.45, 7) is 4.24. The molecule has 0 heterocycles. The first-order chi connectivity index (χ1) is 9.93. The summed E-state index contributed by atoms with van der Waals surface area (Å²) in [5, 5.41) is 3.30. The molecular formula is C16H15ClF3N. The van der Waals surface area contributed by atoms with Crippen LogP contribution in [0, 0.1) is 24.4 Å². The molecule has 5 heteroatoms. The third-order valence-electron chi connectivity index (χ3n) is 3.30. The van der Waals surface area contributed by atoms with Crippen LogP contribution in [0.25, 0.3) is 0 Å². The fourth-order valence-electron chi connectivity index (χ4n) is 2.31. The Hall–Kier alpha value is -1.52. The van der Waals surface area contributed by atoms with Crippen molar-refractivity contribution in [3.8, 4) is 0 Å². The summed E-state index contributed by atoms with van der Waals surface area (Å²) in [6, 6.07) is 5.95. The molecule has 1 atom stereocenters. The summed E-state index contributed by atoms with van der Waals surface area (Å²) >= 11 is 6.04. The highest BCUT2D eigenvalue weighted by Gasteiger charge is 2.20. The van der Waals surface area contributed by atoms with E-state index in [1.54, 1.807) is 13.0 Å². The minimum atomic E-state index is -0.991. The van der Waals surface area contributed by atoms with Crippen LogP contribution in [0.1, 0.15) is 29.7 Å². The first-order valence-corrected chi connectivity index (χ1v) is 6.95. The maximum absolute atomic E-state index is 13.5. The second-order valence-corrected chi connectivity index (χ2v) is 5.19. The van der Waals surface area contributed by atoms with E-state index in [0.717, 1.165) is 17.7 Å². The van der Waals surface area contributed by atoms with E-state index in [4.69, 9.17) is 11.6 Å². The molecule has 21 heavy (non-hydrogen) atoms. The first-order valence-electron chi connectivity index (χ1n) is 6.58. The lowest BCUT2D eigenvalue weighted by Gasteiger charge is -2.22. The minimum absolute atomic E-state index is 0.128. The van der Waals surface area contributed by atoms with Crippen LogP contribution in [0.15, 0.2) is 30.3 Å². The zero-order chi connectivity index (χ0) is 15.6. The first kappa shape index (κ1) is 15.9. The summed E-state index contributed by atoms with van der Waals surface area (Å²) in [5.41, 5.74) is 1.90. The van der Waals surface area contributed by atoms with Crippen molar-refractivity contribution >= 4 is 11.6 Å². The van der Waals surface area contributed by atoms with E-state index in [0.29, 0.717) is 17.7 Å². The number of nitrogens with one attached hydrogen (secondary N) is 1. The summed E-state index contributed by atoms with van der Waals surface area (Å²) in [5.74, 6) is -2.30. The number of hydrogen-bond acceptors (Lipinski definition) is 1. The molecule has 0 aliphatic heterocycles. The average molecular weight is 314 g/mol. The molecule has 0 saturated heterocycles. The Morgan fingerprint density at radius 1 is 1.05 bits per heavy atom. The molecule has 0 spiro atoms. The lowest BCUT2D eigenvalue weighted by atomic mass is 9.94. The molecule has 0 radical (unpaired) electrons. The predicted molar refractivity (Wildman–Crippen MR) is 78.0 cm³/mol. The van der Waals surface area contributed by atoms with Crippen molar-refractivity contribution in [1.82, 2.24) is 5.32 Å². The fraction of sp³-hybridized carbons (Fsp3) is 0.250. The normalized spacial score (nSPS) is 12.5. The molecule has 2 aromatic carbocycles. The van der Waals surface area contributed by atoms with Crippen molar-refractivity contribution in [2.24, 2.45) is 0 Å². The van der Waals surface area contributed by atoms with Crippen LogP contribution in [0.4, 0.5) is 13.2 Å². The number of hydrogen-bond donors (Lipinski definition) is 1. The molecular weight excluding hydrogens is 299 g/mol. The maximum atomic E-state index is 13.5. The molecule has 2 rings (SSSR count). The van der Waals surface area contributed by atoms with Crippen LogP contribution in [0.5, 0.6) is 0 Å².